The number of nitrogens with zero attached hydrogens (tertiary/aromatic N) is 1. The molecule has 16 nitrogen and oxygen atoms in total. The normalized spacial score (nSPS) is 28.0. The van der Waals surface area contributed by atoms with Gasteiger partial charge in [-0.05, 0) is 70.7 Å². The lowest BCUT2D eigenvalue weighted by molar-refractivity contribution is -0.232. The number of carboxylic acid groups (broad SMARTS) is 1. The quantitative estimate of drug-likeness (QED) is 0.170. The number of aliphatic hydroxyl groups excluding tert-OH is 3. The fourth-order valence-electron chi connectivity index (χ4n) is 7.00. The van der Waals surface area contributed by atoms with Gasteiger partial charge in [0.25, 0.3) is 5.91 Å². The Balaban J connectivity index is 1.47. The number of amides is 3. The highest BCUT2D eigenvalue weighted by Crippen LogP contribution is 2.38. The number of phenols is 1. The Kier molecular flexibility index (Phi) is 12.1. The van der Waals surface area contributed by atoms with Gasteiger partial charge in [-0.15, -0.1) is 0 Å². The molecular formula is C34H52N4O12. The molecule has 0 aromatic heterocycles. The van der Waals surface area contributed by atoms with Crippen molar-refractivity contribution in [3.8, 4) is 5.75 Å². The monoisotopic (exact) mass is 708 g/mol. The van der Waals surface area contributed by atoms with Crippen molar-refractivity contribution in [2.75, 3.05) is 32.8 Å². The van der Waals surface area contributed by atoms with Crippen molar-refractivity contribution in [2.24, 2.45) is 0 Å². The molecule has 4 rings (SSSR count). The molecule has 16 heteroatoms. The molecule has 8 N–H and O–H groups in total. The predicted molar refractivity (Wildman–Crippen MR) is 178 cm³/mol. The average Bonchev–Trinajstić information content (AvgIpc) is 3.02. The summed E-state index contributed by atoms with van der Waals surface area (Å²) < 4.78 is 17.6. The number of aromatic hydroxyl groups is 1. The lowest BCUT2D eigenvalue weighted by atomic mass is 9.79. The van der Waals surface area contributed by atoms with Gasteiger partial charge in [-0.1, -0.05) is 0 Å². The van der Waals surface area contributed by atoms with E-state index in [1.54, 1.807) is 39.5 Å². The molecule has 50 heavy (non-hydrogen) atoms. The van der Waals surface area contributed by atoms with Crippen molar-refractivity contribution in [3.05, 3.63) is 28.8 Å². The molecule has 1 aromatic rings. The summed E-state index contributed by atoms with van der Waals surface area (Å²) in [6, 6.07) is 1.07. The van der Waals surface area contributed by atoms with Crippen LogP contribution in [0, 0.1) is 13.8 Å². The molecule has 0 unspecified atom stereocenters. The third kappa shape index (κ3) is 9.22. The molecule has 280 valence electrons. The van der Waals surface area contributed by atoms with Crippen LogP contribution in [-0.4, -0.2) is 140 Å². The Morgan fingerprint density at radius 3 is 2.30 bits per heavy atom. The summed E-state index contributed by atoms with van der Waals surface area (Å²) in [7, 11) is 0. The maximum atomic E-state index is 12.9. The maximum absolute atomic E-state index is 12.9. The number of rotatable bonds is 9. The first-order valence-electron chi connectivity index (χ1n) is 16.9. The Bertz CT molecular complexity index is 1400. The van der Waals surface area contributed by atoms with E-state index >= 15 is 0 Å². The zero-order valence-corrected chi connectivity index (χ0v) is 29.5. The van der Waals surface area contributed by atoms with Crippen LogP contribution in [0.25, 0.3) is 0 Å². The lowest BCUT2D eigenvalue weighted by Crippen LogP contribution is -2.70. The van der Waals surface area contributed by atoms with Gasteiger partial charge in [-0.2, -0.15) is 0 Å². The molecule has 3 aliphatic heterocycles. The van der Waals surface area contributed by atoms with Crippen LogP contribution in [-0.2, 0) is 23.8 Å². The third-order valence-corrected chi connectivity index (χ3v) is 9.54. The molecule has 7 atom stereocenters. The van der Waals surface area contributed by atoms with E-state index in [9.17, 15) is 44.7 Å². The molecular weight excluding hydrogens is 656 g/mol. The van der Waals surface area contributed by atoms with Crippen LogP contribution in [0.15, 0.2) is 12.1 Å². The van der Waals surface area contributed by atoms with Crippen LogP contribution in [0.2, 0.25) is 0 Å². The van der Waals surface area contributed by atoms with Gasteiger partial charge in [-0.25, -0.2) is 9.59 Å². The second kappa shape index (κ2) is 15.4. The van der Waals surface area contributed by atoms with Crippen LogP contribution in [0.3, 0.4) is 0 Å². The number of aliphatic hydroxyl groups is 3. The van der Waals surface area contributed by atoms with Gasteiger partial charge in [0.1, 0.15) is 23.6 Å². The zero-order chi connectivity index (χ0) is 37.2. The summed E-state index contributed by atoms with van der Waals surface area (Å²) in [6.45, 7) is 10.6. The van der Waals surface area contributed by atoms with Crippen molar-refractivity contribution >= 4 is 23.9 Å². The molecule has 0 aliphatic carbocycles. The summed E-state index contributed by atoms with van der Waals surface area (Å²) in [5, 5.41) is 62.6. The molecule has 3 amide bonds. The molecule has 0 bridgehead atoms. The summed E-state index contributed by atoms with van der Waals surface area (Å²) in [6.07, 6.45) is -6.68. The smallest absolute Gasteiger partial charge is 0.410 e. The average molecular weight is 709 g/mol. The van der Waals surface area contributed by atoms with E-state index in [4.69, 9.17) is 14.2 Å². The third-order valence-electron chi connectivity index (χ3n) is 9.54. The molecule has 0 saturated carbocycles. The van der Waals surface area contributed by atoms with E-state index in [1.807, 2.05) is 0 Å². The van der Waals surface area contributed by atoms with Gasteiger partial charge in [0.15, 0.2) is 5.60 Å². The minimum atomic E-state index is -2.07. The number of piperidine rings is 1. The van der Waals surface area contributed by atoms with E-state index in [-0.39, 0.29) is 24.3 Å². The SMILES string of the molecule is CC(=O)N[C@H]1[C@H]([C@H](O)[C@H](O)CNC(=O)c2cc(C)c(O)c(C)c2)O[C@@](C[C@@H]2COCC3(CCN(C(=O)OC(C)(C)C)CC3)N2)(C(=O)O)C[C@@H]1O. The number of morpholine rings is 1. The number of hydrogen-bond donors (Lipinski definition) is 8. The lowest BCUT2D eigenvalue weighted by Gasteiger charge is -2.51. The first-order valence-corrected chi connectivity index (χ1v) is 16.9. The van der Waals surface area contributed by atoms with E-state index in [2.05, 4.69) is 16.0 Å². The van der Waals surface area contributed by atoms with Crippen molar-refractivity contribution < 1.29 is 58.9 Å². The number of aliphatic carboxylic acids is 1. The number of nitrogens with one attached hydrogen (secondary N) is 3. The molecule has 3 saturated heterocycles. The van der Waals surface area contributed by atoms with Crippen LogP contribution >= 0.6 is 0 Å². The highest BCUT2D eigenvalue weighted by molar-refractivity contribution is 5.94. The van der Waals surface area contributed by atoms with Crippen molar-refractivity contribution in [1.82, 2.24) is 20.9 Å². The zero-order valence-electron chi connectivity index (χ0n) is 29.5. The molecule has 0 radical (unpaired) electrons. The Morgan fingerprint density at radius 1 is 1.12 bits per heavy atom. The molecule has 3 aliphatic rings. The highest BCUT2D eigenvalue weighted by atomic mass is 16.6. The number of hydrogen-bond acceptors (Lipinski definition) is 12. The van der Waals surface area contributed by atoms with Crippen molar-refractivity contribution in [2.45, 2.75) is 120 Å². The fourth-order valence-corrected chi connectivity index (χ4v) is 7.00. The second-order valence-electron chi connectivity index (χ2n) is 14.9. The van der Waals surface area contributed by atoms with Crippen LogP contribution in [0.4, 0.5) is 4.79 Å². The van der Waals surface area contributed by atoms with Crippen molar-refractivity contribution in [3.63, 3.8) is 0 Å². The number of aryl methyl sites for hydroxylation is 2. The molecule has 3 fully saturated rings. The number of carboxylic acids is 1. The molecule has 1 aromatic carbocycles. The van der Waals surface area contributed by atoms with Gasteiger partial charge >= 0.3 is 12.1 Å². The van der Waals surface area contributed by atoms with Gasteiger partial charge in [0.2, 0.25) is 5.91 Å². The largest absolute Gasteiger partial charge is 0.507 e. The number of ether oxygens (including phenoxy) is 3. The van der Waals surface area contributed by atoms with Crippen LogP contribution < -0.4 is 16.0 Å². The summed E-state index contributed by atoms with van der Waals surface area (Å²) in [5.41, 5.74) is -2.12. The minimum absolute atomic E-state index is 0.0460. The Morgan fingerprint density at radius 2 is 1.74 bits per heavy atom. The molecule has 1 spiro atoms. The summed E-state index contributed by atoms with van der Waals surface area (Å²) >= 11 is 0. The number of carbonyl (C=O) groups excluding carboxylic acids is 3. The number of benzene rings is 1. The topological polar surface area (TPSA) is 236 Å². The van der Waals surface area contributed by atoms with Gasteiger partial charge in [0, 0.05) is 56.5 Å². The number of likely N-dealkylation sites (tertiary alicyclic amines) is 1. The van der Waals surface area contributed by atoms with Crippen molar-refractivity contribution in [1.29, 1.82) is 0 Å². The summed E-state index contributed by atoms with van der Waals surface area (Å²) in [5.74, 6) is -2.55. The Labute approximate surface area is 291 Å². The van der Waals surface area contributed by atoms with Gasteiger partial charge in [-0.3, -0.25) is 9.59 Å². The van der Waals surface area contributed by atoms with E-state index in [0.29, 0.717) is 43.7 Å². The highest BCUT2D eigenvalue weighted by Gasteiger charge is 2.56. The number of carbonyl (C=O) groups is 4. The fraction of sp³-hybridized carbons (Fsp3) is 0.706. The summed E-state index contributed by atoms with van der Waals surface area (Å²) in [4.78, 5) is 52.1. The first kappa shape index (κ1) is 39.2. The van der Waals surface area contributed by atoms with Gasteiger partial charge in [0.05, 0.1) is 31.5 Å². The van der Waals surface area contributed by atoms with E-state index < -0.39 is 90.1 Å². The van der Waals surface area contributed by atoms with Crippen LogP contribution in [0.1, 0.15) is 74.9 Å². The van der Waals surface area contributed by atoms with E-state index in [0.717, 1.165) is 0 Å². The minimum Gasteiger partial charge on any atom is -0.507 e. The van der Waals surface area contributed by atoms with E-state index in [1.165, 1.54) is 19.1 Å². The van der Waals surface area contributed by atoms with Crippen LogP contribution in [0.5, 0.6) is 5.75 Å². The second-order valence-corrected chi connectivity index (χ2v) is 14.9. The maximum Gasteiger partial charge on any atom is 0.410 e. The standard InChI is InChI=1S/C34H52N4O12/c1-18-11-21(12-19(2)26(18)42)29(44)35-15-24(41)27(43)28-25(36-20(3)39)23(40)14-34(49-28,30(45)46)13-22-16-48-17-33(37-22)7-9-38(10-8-33)31(47)50-32(4,5)6/h11-12,22-25,27-28,37,40-43H,7-10,13-17H2,1-6H3,(H,35,44)(H,36,39)(H,45,46)/t22-,23+,24-,25-,27-,28-,34-/m1/s1. The molecule has 3 heterocycles. The Hall–Kier alpha value is -3.54. The predicted octanol–water partition coefficient (Wildman–Crippen LogP) is 0.0867. The first-order chi connectivity index (χ1) is 23.2. The number of phenolic OH excluding ortho intramolecular Hbond substituents is 1. The van der Waals surface area contributed by atoms with Gasteiger partial charge < -0.3 is 60.6 Å².